The van der Waals surface area contributed by atoms with E-state index in [-0.39, 0.29) is 23.2 Å². The van der Waals surface area contributed by atoms with Crippen molar-refractivity contribution in [2.75, 3.05) is 13.7 Å². The Morgan fingerprint density at radius 1 is 1.37 bits per heavy atom. The van der Waals surface area contributed by atoms with E-state index in [4.69, 9.17) is 9.16 Å². The van der Waals surface area contributed by atoms with Gasteiger partial charge in [0.15, 0.2) is 8.32 Å². The SMILES string of the molecule is COC(=O)/C=C/[C@H]1O[C@H]1CCO[Si](C)(C)C(C)(C)C. The summed E-state index contributed by atoms with van der Waals surface area (Å²) < 4.78 is 16.1. The van der Waals surface area contributed by atoms with Gasteiger partial charge in [0.1, 0.15) is 6.10 Å². The van der Waals surface area contributed by atoms with Crippen LogP contribution >= 0.6 is 0 Å². The van der Waals surface area contributed by atoms with Crippen LogP contribution in [-0.4, -0.2) is 40.2 Å². The summed E-state index contributed by atoms with van der Waals surface area (Å²) in [5.41, 5.74) is 0. The third-order valence-corrected chi connectivity index (χ3v) is 8.45. The Kier molecular flexibility index (Phi) is 5.35. The molecule has 0 aliphatic carbocycles. The van der Waals surface area contributed by atoms with Crippen molar-refractivity contribution >= 4 is 14.3 Å². The number of esters is 1. The van der Waals surface area contributed by atoms with Crippen LogP contribution < -0.4 is 0 Å². The van der Waals surface area contributed by atoms with Gasteiger partial charge in [-0.3, -0.25) is 0 Å². The Morgan fingerprint density at radius 3 is 2.53 bits per heavy atom. The maximum atomic E-state index is 10.9. The third kappa shape index (κ3) is 5.08. The minimum Gasteiger partial charge on any atom is -0.466 e. The Balaban J connectivity index is 2.23. The van der Waals surface area contributed by atoms with Crippen molar-refractivity contribution in [1.29, 1.82) is 0 Å². The molecule has 1 saturated heterocycles. The summed E-state index contributed by atoms with van der Waals surface area (Å²) in [6, 6.07) is 0. The molecule has 5 heteroatoms. The van der Waals surface area contributed by atoms with E-state index in [1.165, 1.54) is 13.2 Å². The summed E-state index contributed by atoms with van der Waals surface area (Å²) in [6.07, 6.45) is 4.28. The fourth-order valence-electron chi connectivity index (χ4n) is 1.45. The van der Waals surface area contributed by atoms with Crippen molar-refractivity contribution in [3.05, 3.63) is 12.2 Å². The maximum absolute atomic E-state index is 10.9. The van der Waals surface area contributed by atoms with Crippen molar-refractivity contribution in [2.45, 2.75) is 57.5 Å². The first kappa shape index (κ1) is 16.4. The molecule has 2 atom stereocenters. The first-order chi connectivity index (χ1) is 8.67. The van der Waals surface area contributed by atoms with E-state index in [0.717, 1.165) is 13.0 Å². The van der Waals surface area contributed by atoms with Gasteiger partial charge in [0.2, 0.25) is 0 Å². The van der Waals surface area contributed by atoms with Crippen LogP contribution in [0.3, 0.4) is 0 Å². The maximum Gasteiger partial charge on any atom is 0.330 e. The number of hydrogen-bond donors (Lipinski definition) is 0. The second-order valence-electron chi connectivity index (χ2n) is 6.42. The van der Waals surface area contributed by atoms with E-state index < -0.39 is 8.32 Å². The molecule has 1 aliphatic heterocycles. The monoisotopic (exact) mass is 286 g/mol. The topological polar surface area (TPSA) is 48.1 Å². The van der Waals surface area contributed by atoms with E-state index in [1.807, 2.05) is 0 Å². The van der Waals surface area contributed by atoms with Crippen LogP contribution in [0, 0.1) is 0 Å². The minimum absolute atomic E-state index is 0.0436. The molecule has 1 rings (SSSR count). The normalized spacial score (nSPS) is 23.7. The van der Waals surface area contributed by atoms with Crippen molar-refractivity contribution in [1.82, 2.24) is 0 Å². The van der Waals surface area contributed by atoms with Crippen LogP contribution in [0.2, 0.25) is 18.1 Å². The predicted molar refractivity (Wildman–Crippen MR) is 77.6 cm³/mol. The number of hydrogen-bond acceptors (Lipinski definition) is 4. The van der Waals surface area contributed by atoms with Gasteiger partial charge in [0, 0.05) is 12.7 Å². The average molecular weight is 286 g/mol. The van der Waals surface area contributed by atoms with Crippen LogP contribution in [0.1, 0.15) is 27.2 Å². The second-order valence-corrected chi connectivity index (χ2v) is 11.2. The van der Waals surface area contributed by atoms with Gasteiger partial charge in [0.05, 0.1) is 13.2 Å². The standard InChI is InChI=1S/C14H26O4Si/c1-14(2,3)19(5,6)17-10-9-12-11(18-12)7-8-13(15)16-4/h7-8,11-12H,9-10H2,1-6H3/b8-7+/t11-,12+/m1/s1. The summed E-state index contributed by atoms with van der Waals surface area (Å²) in [5.74, 6) is -0.341. The number of carbonyl (C=O) groups is 1. The summed E-state index contributed by atoms with van der Waals surface area (Å²) in [4.78, 5) is 10.9. The highest BCUT2D eigenvalue weighted by molar-refractivity contribution is 6.74. The van der Waals surface area contributed by atoms with Gasteiger partial charge in [0.25, 0.3) is 0 Å². The Morgan fingerprint density at radius 2 is 2.00 bits per heavy atom. The largest absolute Gasteiger partial charge is 0.466 e. The summed E-state index contributed by atoms with van der Waals surface area (Å²) in [5, 5.41) is 0.238. The molecule has 1 heterocycles. The lowest BCUT2D eigenvalue weighted by atomic mass is 10.2. The van der Waals surface area contributed by atoms with Gasteiger partial charge in [-0.15, -0.1) is 0 Å². The molecule has 110 valence electrons. The lowest BCUT2D eigenvalue weighted by molar-refractivity contribution is -0.134. The van der Waals surface area contributed by atoms with E-state index in [9.17, 15) is 4.79 Å². The molecule has 0 bridgehead atoms. The van der Waals surface area contributed by atoms with Gasteiger partial charge < -0.3 is 13.9 Å². The fourth-order valence-corrected chi connectivity index (χ4v) is 2.51. The van der Waals surface area contributed by atoms with Gasteiger partial charge in [-0.1, -0.05) is 20.8 Å². The highest BCUT2D eigenvalue weighted by Crippen LogP contribution is 2.37. The molecule has 19 heavy (non-hydrogen) atoms. The molecule has 0 N–H and O–H groups in total. The first-order valence-electron chi connectivity index (χ1n) is 6.73. The molecule has 0 aromatic heterocycles. The summed E-state index contributed by atoms with van der Waals surface area (Å²) in [7, 11) is -0.290. The minimum atomic E-state index is -1.66. The fraction of sp³-hybridized carbons (Fsp3) is 0.786. The zero-order chi connectivity index (χ0) is 14.7. The Labute approximate surface area is 117 Å². The average Bonchev–Trinajstić information content (AvgIpc) is 3.03. The first-order valence-corrected chi connectivity index (χ1v) is 9.64. The number of ether oxygens (including phenoxy) is 2. The third-order valence-electron chi connectivity index (χ3n) is 3.92. The van der Waals surface area contributed by atoms with Crippen LogP contribution in [0.4, 0.5) is 0 Å². The van der Waals surface area contributed by atoms with Crippen molar-refractivity contribution in [3.63, 3.8) is 0 Å². The zero-order valence-electron chi connectivity index (χ0n) is 12.9. The van der Waals surface area contributed by atoms with Gasteiger partial charge in [-0.2, -0.15) is 0 Å². The van der Waals surface area contributed by atoms with Gasteiger partial charge in [-0.25, -0.2) is 4.79 Å². The van der Waals surface area contributed by atoms with E-state index in [2.05, 4.69) is 38.6 Å². The molecule has 0 radical (unpaired) electrons. The van der Waals surface area contributed by atoms with Gasteiger partial charge in [-0.05, 0) is 30.6 Å². The lowest BCUT2D eigenvalue weighted by Gasteiger charge is -2.36. The smallest absolute Gasteiger partial charge is 0.330 e. The number of epoxide rings is 1. The molecule has 0 amide bonds. The van der Waals surface area contributed by atoms with Crippen molar-refractivity contribution < 1.29 is 18.7 Å². The highest BCUT2D eigenvalue weighted by Gasteiger charge is 2.39. The Hall–Kier alpha value is -0.653. The quantitative estimate of drug-likeness (QED) is 0.326. The van der Waals surface area contributed by atoms with Crippen LogP contribution in [-0.2, 0) is 18.7 Å². The molecule has 0 aromatic rings. The lowest BCUT2D eigenvalue weighted by Crippen LogP contribution is -2.41. The Bertz CT molecular complexity index is 344. The molecule has 4 nitrogen and oxygen atoms in total. The second kappa shape index (κ2) is 6.20. The summed E-state index contributed by atoms with van der Waals surface area (Å²) in [6.45, 7) is 11.9. The zero-order valence-corrected chi connectivity index (χ0v) is 13.9. The van der Waals surface area contributed by atoms with Crippen molar-refractivity contribution in [3.8, 4) is 0 Å². The highest BCUT2D eigenvalue weighted by atomic mass is 28.4. The number of rotatable bonds is 6. The predicted octanol–water partition coefficient (Wildman–Crippen LogP) is 2.89. The summed E-state index contributed by atoms with van der Waals surface area (Å²) >= 11 is 0. The molecule has 1 fully saturated rings. The van der Waals surface area contributed by atoms with E-state index in [0.29, 0.717) is 0 Å². The molecule has 1 aliphatic rings. The van der Waals surface area contributed by atoms with Crippen LogP contribution in [0.15, 0.2) is 12.2 Å². The number of carbonyl (C=O) groups excluding carboxylic acids is 1. The van der Waals surface area contributed by atoms with E-state index >= 15 is 0 Å². The van der Waals surface area contributed by atoms with Gasteiger partial charge >= 0.3 is 5.97 Å². The molecule has 0 saturated carbocycles. The van der Waals surface area contributed by atoms with Crippen LogP contribution in [0.5, 0.6) is 0 Å². The molecular weight excluding hydrogens is 260 g/mol. The molecule has 0 aromatic carbocycles. The van der Waals surface area contributed by atoms with Crippen LogP contribution in [0.25, 0.3) is 0 Å². The van der Waals surface area contributed by atoms with Crippen molar-refractivity contribution in [2.24, 2.45) is 0 Å². The van der Waals surface area contributed by atoms with E-state index in [1.54, 1.807) is 6.08 Å². The molecular formula is C14H26O4Si. The number of methoxy groups -OCH3 is 1. The molecule has 0 spiro atoms. The molecule has 0 unspecified atom stereocenters.